The molecule has 0 spiro atoms. The molecule has 1 nitrogen and oxygen atoms in total. The third kappa shape index (κ3) is 3.57. The smallest absolute Gasteiger partial charge is 0.165 e. The lowest BCUT2D eigenvalue weighted by Crippen LogP contribution is -1.98. The molecule has 0 fully saturated rings. The Kier molecular flexibility index (Phi) is 4.56. The molecule has 19 heavy (non-hydrogen) atoms. The van der Waals surface area contributed by atoms with Crippen LogP contribution >= 0.6 is 0 Å². The summed E-state index contributed by atoms with van der Waals surface area (Å²) in [7, 11) is 0. The predicted molar refractivity (Wildman–Crippen MR) is 77.0 cm³/mol. The molecule has 0 unspecified atom stereocenters. The SMILES string of the molecule is CCCCOc1ccc(-c2ccc(C)cc2)cc1F. The van der Waals surface area contributed by atoms with Gasteiger partial charge in [0, 0.05) is 0 Å². The molecule has 0 aliphatic heterocycles. The van der Waals surface area contributed by atoms with Crippen molar-refractivity contribution in [3.8, 4) is 16.9 Å². The minimum atomic E-state index is -0.297. The van der Waals surface area contributed by atoms with Crippen LogP contribution in [0.3, 0.4) is 0 Å². The molecule has 0 saturated heterocycles. The van der Waals surface area contributed by atoms with E-state index in [4.69, 9.17) is 4.74 Å². The minimum absolute atomic E-state index is 0.297. The van der Waals surface area contributed by atoms with E-state index in [9.17, 15) is 4.39 Å². The van der Waals surface area contributed by atoms with Gasteiger partial charge in [-0.25, -0.2) is 4.39 Å². The number of hydrogen-bond acceptors (Lipinski definition) is 1. The van der Waals surface area contributed by atoms with Crippen LogP contribution in [0, 0.1) is 12.7 Å². The van der Waals surface area contributed by atoms with Gasteiger partial charge in [-0.3, -0.25) is 0 Å². The van der Waals surface area contributed by atoms with E-state index in [-0.39, 0.29) is 5.82 Å². The van der Waals surface area contributed by atoms with Crippen LogP contribution in [-0.2, 0) is 0 Å². The summed E-state index contributed by atoms with van der Waals surface area (Å²) >= 11 is 0. The monoisotopic (exact) mass is 258 g/mol. The highest BCUT2D eigenvalue weighted by molar-refractivity contribution is 5.64. The van der Waals surface area contributed by atoms with Gasteiger partial charge < -0.3 is 4.74 Å². The van der Waals surface area contributed by atoms with Crippen LogP contribution in [0.2, 0.25) is 0 Å². The number of unbranched alkanes of at least 4 members (excludes halogenated alkanes) is 1. The molecular formula is C17H19FO. The highest BCUT2D eigenvalue weighted by Gasteiger charge is 2.06. The zero-order chi connectivity index (χ0) is 13.7. The summed E-state index contributed by atoms with van der Waals surface area (Å²) in [6, 6.07) is 13.2. The molecule has 2 heteroatoms. The number of rotatable bonds is 5. The number of halogens is 1. The first kappa shape index (κ1) is 13.6. The summed E-state index contributed by atoms with van der Waals surface area (Å²) in [6.45, 7) is 4.69. The van der Waals surface area contributed by atoms with E-state index in [1.54, 1.807) is 6.07 Å². The first-order valence-corrected chi connectivity index (χ1v) is 6.70. The van der Waals surface area contributed by atoms with E-state index in [1.807, 2.05) is 37.3 Å². The van der Waals surface area contributed by atoms with Crippen molar-refractivity contribution in [2.75, 3.05) is 6.61 Å². The highest BCUT2D eigenvalue weighted by Crippen LogP contribution is 2.26. The van der Waals surface area contributed by atoms with Gasteiger partial charge in [0.15, 0.2) is 11.6 Å². The van der Waals surface area contributed by atoms with Crippen LogP contribution in [0.5, 0.6) is 5.75 Å². The first-order chi connectivity index (χ1) is 9.20. The summed E-state index contributed by atoms with van der Waals surface area (Å²) in [4.78, 5) is 0. The summed E-state index contributed by atoms with van der Waals surface area (Å²) < 4.78 is 19.3. The van der Waals surface area contributed by atoms with Gasteiger partial charge in [0.1, 0.15) is 0 Å². The summed E-state index contributed by atoms with van der Waals surface area (Å²) in [5, 5.41) is 0. The lowest BCUT2D eigenvalue weighted by molar-refractivity contribution is 0.294. The zero-order valence-corrected chi connectivity index (χ0v) is 11.4. The van der Waals surface area contributed by atoms with Crippen molar-refractivity contribution in [3.63, 3.8) is 0 Å². The van der Waals surface area contributed by atoms with E-state index in [0.717, 1.165) is 24.0 Å². The average molecular weight is 258 g/mol. The normalized spacial score (nSPS) is 10.5. The van der Waals surface area contributed by atoms with Crippen LogP contribution in [-0.4, -0.2) is 6.61 Å². The molecule has 2 rings (SSSR count). The fraction of sp³-hybridized carbons (Fsp3) is 0.294. The third-order valence-corrected chi connectivity index (χ3v) is 3.07. The van der Waals surface area contributed by atoms with Gasteiger partial charge in [-0.1, -0.05) is 49.2 Å². The van der Waals surface area contributed by atoms with Gasteiger partial charge in [-0.2, -0.15) is 0 Å². The van der Waals surface area contributed by atoms with Crippen LogP contribution in [0.4, 0.5) is 4.39 Å². The first-order valence-electron chi connectivity index (χ1n) is 6.70. The molecule has 0 N–H and O–H groups in total. The van der Waals surface area contributed by atoms with E-state index < -0.39 is 0 Å². The van der Waals surface area contributed by atoms with Crippen molar-refractivity contribution >= 4 is 0 Å². The molecule has 0 atom stereocenters. The summed E-state index contributed by atoms with van der Waals surface area (Å²) in [5.41, 5.74) is 3.09. The minimum Gasteiger partial charge on any atom is -0.491 e. The molecule has 0 radical (unpaired) electrons. The summed E-state index contributed by atoms with van der Waals surface area (Å²) in [5.74, 6) is 0.0403. The van der Waals surface area contributed by atoms with Gasteiger partial charge in [-0.15, -0.1) is 0 Å². The fourth-order valence-electron chi connectivity index (χ4n) is 1.87. The molecule has 0 heterocycles. The molecule has 0 aromatic heterocycles. The van der Waals surface area contributed by atoms with E-state index in [1.165, 1.54) is 11.6 Å². The Hall–Kier alpha value is -1.83. The van der Waals surface area contributed by atoms with Gasteiger partial charge in [-0.05, 0) is 36.6 Å². The molecule has 0 aliphatic carbocycles. The lowest BCUT2D eigenvalue weighted by Gasteiger charge is -2.08. The van der Waals surface area contributed by atoms with Gasteiger partial charge >= 0.3 is 0 Å². The Labute approximate surface area is 114 Å². The molecular weight excluding hydrogens is 239 g/mol. The summed E-state index contributed by atoms with van der Waals surface area (Å²) in [6.07, 6.45) is 1.99. The van der Waals surface area contributed by atoms with Crippen molar-refractivity contribution in [3.05, 3.63) is 53.8 Å². The second-order valence-electron chi connectivity index (χ2n) is 4.71. The zero-order valence-electron chi connectivity index (χ0n) is 11.4. The van der Waals surface area contributed by atoms with Gasteiger partial charge in [0.2, 0.25) is 0 Å². The predicted octanol–water partition coefficient (Wildman–Crippen LogP) is 4.98. The Morgan fingerprint density at radius 3 is 2.32 bits per heavy atom. The maximum absolute atomic E-state index is 13.9. The average Bonchev–Trinajstić information content (AvgIpc) is 2.42. The Morgan fingerprint density at radius 1 is 1.00 bits per heavy atom. The maximum Gasteiger partial charge on any atom is 0.165 e. The largest absolute Gasteiger partial charge is 0.491 e. The number of ether oxygens (including phenoxy) is 1. The molecule has 0 saturated carbocycles. The van der Waals surface area contributed by atoms with E-state index in [2.05, 4.69) is 6.92 Å². The van der Waals surface area contributed by atoms with Crippen LogP contribution < -0.4 is 4.74 Å². The van der Waals surface area contributed by atoms with Crippen molar-refractivity contribution in [1.82, 2.24) is 0 Å². The lowest BCUT2D eigenvalue weighted by atomic mass is 10.0. The van der Waals surface area contributed by atoms with Crippen LogP contribution in [0.1, 0.15) is 25.3 Å². The fourth-order valence-corrected chi connectivity index (χ4v) is 1.87. The topological polar surface area (TPSA) is 9.23 Å². The molecule has 2 aromatic carbocycles. The number of aryl methyl sites for hydroxylation is 1. The van der Waals surface area contributed by atoms with Crippen molar-refractivity contribution in [1.29, 1.82) is 0 Å². The van der Waals surface area contributed by atoms with Crippen LogP contribution in [0.15, 0.2) is 42.5 Å². The quantitative estimate of drug-likeness (QED) is 0.687. The molecule has 100 valence electrons. The van der Waals surface area contributed by atoms with Crippen molar-refractivity contribution < 1.29 is 9.13 Å². The molecule has 0 bridgehead atoms. The molecule has 0 amide bonds. The Morgan fingerprint density at radius 2 is 1.68 bits per heavy atom. The number of benzene rings is 2. The van der Waals surface area contributed by atoms with Gasteiger partial charge in [0.25, 0.3) is 0 Å². The van der Waals surface area contributed by atoms with Crippen molar-refractivity contribution in [2.24, 2.45) is 0 Å². The Bertz CT molecular complexity index is 531. The Balaban J connectivity index is 2.16. The second-order valence-corrected chi connectivity index (χ2v) is 4.71. The van der Waals surface area contributed by atoms with Crippen molar-refractivity contribution in [2.45, 2.75) is 26.7 Å². The molecule has 0 aliphatic rings. The van der Waals surface area contributed by atoms with Crippen LogP contribution in [0.25, 0.3) is 11.1 Å². The molecule has 2 aromatic rings. The highest BCUT2D eigenvalue weighted by atomic mass is 19.1. The van der Waals surface area contributed by atoms with E-state index >= 15 is 0 Å². The van der Waals surface area contributed by atoms with Gasteiger partial charge in [0.05, 0.1) is 6.61 Å². The third-order valence-electron chi connectivity index (χ3n) is 3.07. The second kappa shape index (κ2) is 6.37. The maximum atomic E-state index is 13.9. The standard InChI is InChI=1S/C17H19FO/c1-3-4-11-19-17-10-9-15(12-16(17)18)14-7-5-13(2)6-8-14/h5-10,12H,3-4,11H2,1-2H3. The van der Waals surface area contributed by atoms with E-state index in [0.29, 0.717) is 12.4 Å². The number of hydrogen-bond donors (Lipinski definition) is 0.